The molecule has 0 unspecified atom stereocenters. The molecule has 1 saturated carbocycles. The summed E-state index contributed by atoms with van der Waals surface area (Å²) in [6.07, 6.45) is 4.21. The molecule has 1 saturated heterocycles. The average molecular weight is 383 g/mol. The third kappa shape index (κ3) is 3.28. The standard InChI is InChI=1S/C23H26FNO3/c1-28-20-8-3-2-6-18(20)22(26)25-15-14-23(27)13-5-4-7-19(23)21(25)16-9-11-17(24)12-10-16/h2-3,6,8-12,19,21,27H,4-5,7,13-15H2,1H3/t19-,21-,23+/m0/s1. The van der Waals surface area contributed by atoms with E-state index < -0.39 is 5.60 Å². The Kier molecular flexibility index (Phi) is 5.11. The summed E-state index contributed by atoms with van der Waals surface area (Å²) < 4.78 is 18.9. The van der Waals surface area contributed by atoms with Crippen LogP contribution in [0.2, 0.25) is 0 Å². The maximum atomic E-state index is 13.5. The highest BCUT2D eigenvalue weighted by Gasteiger charge is 2.50. The summed E-state index contributed by atoms with van der Waals surface area (Å²) in [5, 5.41) is 11.3. The Morgan fingerprint density at radius 2 is 1.89 bits per heavy atom. The lowest BCUT2D eigenvalue weighted by Crippen LogP contribution is -2.56. The zero-order valence-corrected chi connectivity index (χ0v) is 16.1. The largest absolute Gasteiger partial charge is 0.496 e. The molecule has 1 amide bonds. The van der Waals surface area contributed by atoms with Crippen LogP contribution in [0, 0.1) is 11.7 Å². The first kappa shape index (κ1) is 18.9. The molecule has 2 aromatic carbocycles. The van der Waals surface area contributed by atoms with Crippen molar-refractivity contribution < 1.29 is 19.0 Å². The average Bonchev–Trinajstić information content (AvgIpc) is 2.72. The predicted octanol–water partition coefficient (Wildman–Crippen LogP) is 4.34. The molecule has 0 spiro atoms. The molecule has 0 bridgehead atoms. The van der Waals surface area contributed by atoms with E-state index in [0.29, 0.717) is 24.3 Å². The number of rotatable bonds is 3. The van der Waals surface area contributed by atoms with E-state index in [9.17, 15) is 14.3 Å². The molecular formula is C23H26FNO3. The Labute approximate surface area is 164 Å². The van der Waals surface area contributed by atoms with E-state index in [1.807, 2.05) is 17.0 Å². The topological polar surface area (TPSA) is 49.8 Å². The maximum Gasteiger partial charge on any atom is 0.258 e. The van der Waals surface area contributed by atoms with Crippen LogP contribution in [-0.4, -0.2) is 35.2 Å². The van der Waals surface area contributed by atoms with Gasteiger partial charge in [-0.1, -0.05) is 37.1 Å². The summed E-state index contributed by atoms with van der Waals surface area (Å²) in [5.74, 6) is 0.0643. The summed E-state index contributed by atoms with van der Waals surface area (Å²) in [4.78, 5) is 15.3. The third-order valence-electron chi connectivity index (χ3n) is 6.38. The van der Waals surface area contributed by atoms with Crippen molar-refractivity contribution in [2.24, 2.45) is 5.92 Å². The number of hydrogen-bond acceptors (Lipinski definition) is 3. The van der Waals surface area contributed by atoms with Gasteiger partial charge in [-0.15, -0.1) is 0 Å². The van der Waals surface area contributed by atoms with E-state index in [1.165, 1.54) is 12.1 Å². The first-order chi connectivity index (χ1) is 13.5. The molecule has 0 radical (unpaired) electrons. The molecule has 3 atom stereocenters. The Bertz CT molecular complexity index is 853. The minimum atomic E-state index is -0.769. The van der Waals surface area contributed by atoms with Crippen LogP contribution in [0.15, 0.2) is 48.5 Å². The van der Waals surface area contributed by atoms with Gasteiger partial charge < -0.3 is 14.7 Å². The van der Waals surface area contributed by atoms with Gasteiger partial charge >= 0.3 is 0 Å². The number of hydrogen-bond donors (Lipinski definition) is 1. The summed E-state index contributed by atoms with van der Waals surface area (Å²) in [6.45, 7) is 0.464. The molecule has 1 aliphatic heterocycles. The number of carbonyl (C=O) groups is 1. The van der Waals surface area contributed by atoms with Crippen molar-refractivity contribution in [1.82, 2.24) is 4.90 Å². The minimum absolute atomic E-state index is 0.0564. The first-order valence-corrected chi connectivity index (χ1v) is 9.95. The van der Waals surface area contributed by atoms with Crippen molar-refractivity contribution in [3.05, 3.63) is 65.5 Å². The highest BCUT2D eigenvalue weighted by Crippen LogP contribution is 2.49. The van der Waals surface area contributed by atoms with Gasteiger partial charge in [0.25, 0.3) is 5.91 Å². The van der Waals surface area contributed by atoms with Crippen LogP contribution in [0.25, 0.3) is 0 Å². The number of fused-ring (bicyclic) bond motifs is 1. The van der Waals surface area contributed by atoms with Gasteiger partial charge in [-0.2, -0.15) is 0 Å². The third-order valence-corrected chi connectivity index (χ3v) is 6.38. The minimum Gasteiger partial charge on any atom is -0.496 e. The van der Waals surface area contributed by atoms with E-state index >= 15 is 0 Å². The predicted molar refractivity (Wildman–Crippen MR) is 105 cm³/mol. The van der Waals surface area contributed by atoms with E-state index in [0.717, 1.165) is 31.2 Å². The number of para-hydroxylation sites is 1. The van der Waals surface area contributed by atoms with Gasteiger partial charge in [0.15, 0.2) is 0 Å². The Hall–Kier alpha value is -2.40. The van der Waals surface area contributed by atoms with Gasteiger partial charge in [-0.3, -0.25) is 4.79 Å². The summed E-state index contributed by atoms with van der Waals surface area (Å²) >= 11 is 0. The summed E-state index contributed by atoms with van der Waals surface area (Å²) in [6, 6.07) is 13.3. The molecule has 2 fully saturated rings. The molecule has 148 valence electrons. The molecule has 2 aliphatic rings. The van der Waals surface area contributed by atoms with Crippen molar-refractivity contribution in [2.45, 2.75) is 43.7 Å². The number of aliphatic hydroxyl groups is 1. The fraction of sp³-hybridized carbons (Fsp3) is 0.435. The van der Waals surface area contributed by atoms with Crippen molar-refractivity contribution >= 4 is 5.91 Å². The van der Waals surface area contributed by atoms with Crippen molar-refractivity contribution in [3.63, 3.8) is 0 Å². The van der Waals surface area contributed by atoms with E-state index in [2.05, 4.69) is 0 Å². The van der Waals surface area contributed by atoms with E-state index in [4.69, 9.17) is 4.74 Å². The first-order valence-electron chi connectivity index (χ1n) is 9.95. The van der Waals surface area contributed by atoms with Gasteiger partial charge in [0.1, 0.15) is 11.6 Å². The van der Waals surface area contributed by atoms with Crippen LogP contribution >= 0.6 is 0 Å². The van der Waals surface area contributed by atoms with E-state index in [-0.39, 0.29) is 23.7 Å². The Morgan fingerprint density at radius 1 is 1.14 bits per heavy atom. The number of ether oxygens (including phenoxy) is 1. The second-order valence-electron chi connectivity index (χ2n) is 7.90. The van der Waals surface area contributed by atoms with Gasteiger partial charge in [0.05, 0.1) is 24.3 Å². The number of amides is 1. The summed E-state index contributed by atoms with van der Waals surface area (Å²) in [5.41, 5.74) is 0.613. The zero-order chi connectivity index (χ0) is 19.7. The lowest BCUT2D eigenvalue weighted by Gasteiger charge is -2.52. The van der Waals surface area contributed by atoms with Crippen LogP contribution < -0.4 is 4.74 Å². The maximum absolute atomic E-state index is 13.5. The monoisotopic (exact) mass is 383 g/mol. The zero-order valence-electron chi connectivity index (χ0n) is 16.1. The second kappa shape index (κ2) is 7.55. The normalized spacial score (nSPS) is 27.2. The lowest BCUT2D eigenvalue weighted by atomic mass is 9.66. The molecule has 5 heteroatoms. The van der Waals surface area contributed by atoms with Gasteiger partial charge in [-0.25, -0.2) is 4.39 Å². The Morgan fingerprint density at radius 3 is 2.64 bits per heavy atom. The number of methoxy groups -OCH3 is 1. The van der Waals surface area contributed by atoms with Crippen LogP contribution in [0.3, 0.4) is 0 Å². The van der Waals surface area contributed by atoms with Gasteiger partial charge in [-0.05, 0) is 49.1 Å². The van der Waals surface area contributed by atoms with Crippen LogP contribution in [0.5, 0.6) is 5.75 Å². The fourth-order valence-corrected chi connectivity index (χ4v) is 4.96. The number of halogens is 1. The molecule has 1 aliphatic carbocycles. The van der Waals surface area contributed by atoms with Crippen molar-refractivity contribution in [2.75, 3.05) is 13.7 Å². The quantitative estimate of drug-likeness (QED) is 0.858. The summed E-state index contributed by atoms with van der Waals surface area (Å²) in [7, 11) is 1.56. The number of likely N-dealkylation sites (tertiary alicyclic amines) is 1. The number of piperidine rings is 1. The van der Waals surface area contributed by atoms with E-state index in [1.54, 1.807) is 31.4 Å². The second-order valence-corrected chi connectivity index (χ2v) is 7.90. The van der Waals surface area contributed by atoms with Crippen molar-refractivity contribution in [1.29, 1.82) is 0 Å². The molecule has 4 nitrogen and oxygen atoms in total. The number of carbonyl (C=O) groups excluding carboxylic acids is 1. The molecule has 28 heavy (non-hydrogen) atoms. The molecule has 0 aromatic heterocycles. The van der Waals surface area contributed by atoms with Crippen LogP contribution in [-0.2, 0) is 0 Å². The van der Waals surface area contributed by atoms with Gasteiger partial charge in [0, 0.05) is 12.5 Å². The molecular weight excluding hydrogens is 357 g/mol. The lowest BCUT2D eigenvalue weighted by molar-refractivity contribution is -0.115. The highest BCUT2D eigenvalue weighted by atomic mass is 19.1. The SMILES string of the molecule is COc1ccccc1C(=O)N1CC[C@]2(O)CCCC[C@H]2[C@@H]1c1ccc(F)cc1. The fourth-order valence-electron chi connectivity index (χ4n) is 4.96. The molecule has 4 rings (SSSR count). The van der Waals surface area contributed by atoms with Gasteiger partial charge in [0.2, 0.25) is 0 Å². The smallest absolute Gasteiger partial charge is 0.258 e. The Balaban J connectivity index is 1.76. The highest BCUT2D eigenvalue weighted by molar-refractivity contribution is 5.97. The molecule has 1 N–H and O–H groups in total. The van der Waals surface area contributed by atoms with Crippen LogP contribution in [0.1, 0.15) is 54.1 Å². The number of nitrogens with zero attached hydrogens (tertiary/aromatic N) is 1. The number of benzene rings is 2. The molecule has 2 aromatic rings. The molecule has 1 heterocycles. The van der Waals surface area contributed by atoms with Crippen LogP contribution in [0.4, 0.5) is 4.39 Å². The van der Waals surface area contributed by atoms with Crippen molar-refractivity contribution in [3.8, 4) is 5.75 Å².